The topological polar surface area (TPSA) is 68.9 Å². The second-order valence-corrected chi connectivity index (χ2v) is 8.97. The van der Waals surface area contributed by atoms with Gasteiger partial charge in [0.2, 0.25) is 0 Å². The van der Waals surface area contributed by atoms with Gasteiger partial charge in [0.25, 0.3) is 5.91 Å². The van der Waals surface area contributed by atoms with Crippen LogP contribution in [0.4, 0.5) is 0 Å². The fourth-order valence-corrected chi connectivity index (χ4v) is 4.52. The van der Waals surface area contributed by atoms with Crippen LogP contribution in [0.1, 0.15) is 69.8 Å². The van der Waals surface area contributed by atoms with Crippen LogP contribution >= 0.6 is 0 Å². The van der Waals surface area contributed by atoms with Crippen LogP contribution in [0, 0.1) is 20.8 Å². The van der Waals surface area contributed by atoms with Gasteiger partial charge in [-0.2, -0.15) is 0 Å². The van der Waals surface area contributed by atoms with E-state index < -0.39 is 0 Å². The number of benzene rings is 2. The third-order valence-electron chi connectivity index (χ3n) is 6.36. The molecular weight excluding hydrogens is 424 g/mol. The lowest BCUT2D eigenvalue weighted by atomic mass is 10.1. The van der Waals surface area contributed by atoms with Crippen LogP contribution in [-0.4, -0.2) is 25.8 Å². The number of hydrogen-bond acceptors (Lipinski definition) is 3. The summed E-state index contributed by atoms with van der Waals surface area (Å²) in [5.74, 6) is 0.537. The number of para-hydroxylation sites is 2. The molecule has 0 saturated heterocycles. The van der Waals surface area contributed by atoms with Gasteiger partial charge in [0.05, 0.1) is 23.6 Å². The second kappa shape index (κ2) is 9.67. The minimum absolute atomic E-state index is 0.0388. The number of amides is 1. The number of Topliss-reactive ketones (excluding diaryl/α,β-unsaturated/α-hetero) is 1. The number of fused-ring (bicyclic) bond motifs is 1. The lowest BCUT2D eigenvalue weighted by Gasteiger charge is -2.16. The number of aromatic nitrogens is 3. The Bertz CT molecular complexity index is 1340. The Morgan fingerprint density at radius 1 is 1.00 bits per heavy atom. The summed E-state index contributed by atoms with van der Waals surface area (Å²) in [4.78, 5) is 31.1. The summed E-state index contributed by atoms with van der Waals surface area (Å²) in [5, 5.41) is 3.05. The molecule has 4 rings (SSSR count). The zero-order chi connectivity index (χ0) is 24.4. The number of imidazole rings is 1. The van der Waals surface area contributed by atoms with Gasteiger partial charge in [-0.3, -0.25) is 9.59 Å². The van der Waals surface area contributed by atoms with Gasteiger partial charge in [-0.05, 0) is 64.4 Å². The van der Waals surface area contributed by atoms with Gasteiger partial charge in [-0.15, -0.1) is 0 Å². The number of carbonyl (C=O) groups is 2. The van der Waals surface area contributed by atoms with E-state index in [9.17, 15) is 9.59 Å². The van der Waals surface area contributed by atoms with E-state index in [1.807, 2.05) is 86.9 Å². The Labute approximate surface area is 200 Å². The summed E-state index contributed by atoms with van der Waals surface area (Å²) in [6.45, 7) is 11.1. The number of hydrogen-bond donors (Lipinski definition) is 1. The third kappa shape index (κ3) is 4.53. The Morgan fingerprint density at radius 3 is 2.41 bits per heavy atom. The number of aryl methyl sites for hydroxylation is 2. The van der Waals surface area contributed by atoms with E-state index in [1.54, 1.807) is 0 Å². The summed E-state index contributed by atoms with van der Waals surface area (Å²) in [6, 6.07) is 16.8. The van der Waals surface area contributed by atoms with E-state index in [0.29, 0.717) is 11.4 Å². The van der Waals surface area contributed by atoms with Crippen molar-refractivity contribution < 1.29 is 9.59 Å². The molecule has 4 aromatic rings. The molecule has 0 fully saturated rings. The summed E-state index contributed by atoms with van der Waals surface area (Å²) in [7, 11) is 0. The van der Waals surface area contributed by atoms with E-state index in [-0.39, 0.29) is 24.3 Å². The van der Waals surface area contributed by atoms with Gasteiger partial charge in [0, 0.05) is 29.1 Å². The molecule has 1 amide bonds. The maximum absolute atomic E-state index is 13.4. The van der Waals surface area contributed by atoms with Crippen molar-refractivity contribution in [3.63, 3.8) is 0 Å². The van der Waals surface area contributed by atoms with Crippen LogP contribution in [-0.2, 0) is 13.1 Å². The molecular formula is C28H32N4O2. The minimum Gasteiger partial charge on any atom is -0.348 e. The Kier molecular flexibility index (Phi) is 6.68. The first-order valence-electron chi connectivity index (χ1n) is 11.8. The molecule has 1 atom stereocenters. The predicted molar refractivity (Wildman–Crippen MR) is 135 cm³/mol. The summed E-state index contributed by atoms with van der Waals surface area (Å²) in [6.07, 6.45) is 1.01. The monoisotopic (exact) mass is 456 g/mol. The molecule has 0 bridgehead atoms. The minimum atomic E-state index is -0.374. The van der Waals surface area contributed by atoms with Gasteiger partial charge in [0.15, 0.2) is 5.78 Å². The van der Waals surface area contributed by atoms with Gasteiger partial charge >= 0.3 is 0 Å². The number of rotatable bonds is 8. The molecule has 0 radical (unpaired) electrons. The van der Waals surface area contributed by atoms with Crippen molar-refractivity contribution in [1.29, 1.82) is 0 Å². The van der Waals surface area contributed by atoms with Crippen molar-refractivity contribution in [3.05, 3.63) is 88.5 Å². The zero-order valence-electron chi connectivity index (χ0n) is 20.6. The molecule has 0 aliphatic rings. The first-order valence-corrected chi connectivity index (χ1v) is 11.8. The van der Waals surface area contributed by atoms with E-state index in [1.165, 1.54) is 0 Å². The maximum Gasteiger partial charge on any atom is 0.251 e. The molecule has 0 aliphatic heterocycles. The highest BCUT2D eigenvalue weighted by Gasteiger charge is 2.23. The highest BCUT2D eigenvalue weighted by Crippen LogP contribution is 2.23. The van der Waals surface area contributed by atoms with Gasteiger partial charge in [0.1, 0.15) is 5.82 Å². The van der Waals surface area contributed by atoms with Crippen LogP contribution in [0.25, 0.3) is 11.0 Å². The molecule has 1 N–H and O–H groups in total. The smallest absolute Gasteiger partial charge is 0.251 e. The van der Waals surface area contributed by atoms with Crippen molar-refractivity contribution in [2.24, 2.45) is 0 Å². The van der Waals surface area contributed by atoms with Gasteiger partial charge < -0.3 is 14.5 Å². The summed E-state index contributed by atoms with van der Waals surface area (Å²) >= 11 is 0. The predicted octanol–water partition coefficient (Wildman–Crippen LogP) is 5.55. The lowest BCUT2D eigenvalue weighted by Crippen LogP contribution is -2.29. The highest BCUT2D eigenvalue weighted by atomic mass is 16.1. The van der Waals surface area contributed by atoms with Crippen LogP contribution in [0.2, 0.25) is 0 Å². The van der Waals surface area contributed by atoms with Crippen molar-refractivity contribution in [1.82, 2.24) is 19.4 Å². The van der Waals surface area contributed by atoms with E-state index in [0.717, 1.165) is 46.5 Å². The van der Waals surface area contributed by atoms with Crippen molar-refractivity contribution in [2.75, 3.05) is 0 Å². The first kappa shape index (κ1) is 23.5. The maximum atomic E-state index is 13.4. The molecule has 0 unspecified atom stereocenters. The van der Waals surface area contributed by atoms with E-state index in [4.69, 9.17) is 4.98 Å². The van der Waals surface area contributed by atoms with Crippen LogP contribution in [0.15, 0.2) is 54.6 Å². The first-order chi connectivity index (χ1) is 16.3. The number of nitrogens with zero attached hydrogens (tertiary/aromatic N) is 3. The molecule has 0 spiro atoms. The summed E-state index contributed by atoms with van der Waals surface area (Å²) in [5.41, 5.74) is 6.21. The molecule has 34 heavy (non-hydrogen) atoms. The average molecular weight is 457 g/mol. The third-order valence-corrected chi connectivity index (χ3v) is 6.36. The Balaban J connectivity index is 1.65. The van der Waals surface area contributed by atoms with E-state index >= 15 is 0 Å². The molecule has 0 saturated carbocycles. The molecule has 2 aromatic heterocycles. The fraction of sp³-hybridized carbons (Fsp3) is 0.321. The van der Waals surface area contributed by atoms with Crippen LogP contribution < -0.4 is 5.32 Å². The Morgan fingerprint density at radius 2 is 1.71 bits per heavy atom. The number of carbonyl (C=O) groups excluding carboxylic acids is 2. The van der Waals surface area contributed by atoms with Crippen LogP contribution in [0.5, 0.6) is 0 Å². The molecule has 6 heteroatoms. The quantitative estimate of drug-likeness (QED) is 0.354. The SMILES string of the molecule is CCCn1c(C)cc(C(=O)Cn2c([C@H](C)NC(=O)c3ccc(C)cc3)nc3ccccc32)c1C. The summed E-state index contributed by atoms with van der Waals surface area (Å²) < 4.78 is 4.13. The molecule has 176 valence electrons. The molecule has 2 heterocycles. The molecule has 2 aromatic carbocycles. The standard InChI is InChI=1S/C28H32N4O2/c1-6-15-31-19(3)16-23(21(31)5)26(33)17-32-25-10-8-7-9-24(25)30-27(32)20(4)29-28(34)22-13-11-18(2)12-14-22/h7-14,16,20H,6,15,17H2,1-5H3,(H,29,34)/t20-/m0/s1. The second-order valence-electron chi connectivity index (χ2n) is 8.97. The van der Waals surface area contributed by atoms with Crippen molar-refractivity contribution in [2.45, 2.75) is 60.2 Å². The van der Waals surface area contributed by atoms with Gasteiger partial charge in [-0.1, -0.05) is 36.8 Å². The van der Waals surface area contributed by atoms with Crippen LogP contribution in [0.3, 0.4) is 0 Å². The lowest BCUT2D eigenvalue weighted by molar-refractivity contribution is 0.0937. The number of nitrogens with one attached hydrogen (secondary N) is 1. The van der Waals surface area contributed by atoms with Crippen molar-refractivity contribution in [3.8, 4) is 0 Å². The number of ketones is 1. The molecule has 0 aliphatic carbocycles. The molecule has 6 nitrogen and oxygen atoms in total. The fourth-order valence-electron chi connectivity index (χ4n) is 4.52. The van der Waals surface area contributed by atoms with Crippen molar-refractivity contribution >= 4 is 22.7 Å². The Hall–Kier alpha value is -3.67. The largest absolute Gasteiger partial charge is 0.348 e. The average Bonchev–Trinajstić information content (AvgIpc) is 3.32. The zero-order valence-corrected chi connectivity index (χ0v) is 20.6. The van der Waals surface area contributed by atoms with E-state index in [2.05, 4.69) is 16.8 Å². The van der Waals surface area contributed by atoms with Gasteiger partial charge in [-0.25, -0.2) is 4.98 Å². The highest BCUT2D eigenvalue weighted by molar-refractivity contribution is 5.98. The normalized spacial score (nSPS) is 12.1.